The summed E-state index contributed by atoms with van der Waals surface area (Å²) in [5, 5.41) is 1.63. The van der Waals surface area contributed by atoms with Crippen LogP contribution in [0.2, 0.25) is 10.0 Å². The van der Waals surface area contributed by atoms with Crippen molar-refractivity contribution in [3.8, 4) is 11.1 Å². The van der Waals surface area contributed by atoms with E-state index in [1.165, 1.54) is 5.56 Å². The lowest BCUT2D eigenvalue weighted by molar-refractivity contribution is 0.249. The smallest absolute Gasteiger partial charge is 0.259 e. The molecule has 8 heteroatoms. The van der Waals surface area contributed by atoms with E-state index in [0.29, 0.717) is 32.8 Å². The van der Waals surface area contributed by atoms with Crippen molar-refractivity contribution in [2.75, 3.05) is 31.1 Å². The Bertz CT molecular complexity index is 1340. The fraction of sp³-hybridized carbons (Fsp3) is 0.240. The first-order valence-corrected chi connectivity index (χ1v) is 11.6. The molecule has 0 radical (unpaired) electrons. The molecule has 0 spiro atoms. The molecule has 0 N–H and O–H groups in total. The number of aryl methyl sites for hydroxylation is 1. The number of nitrogens with zero attached hydrogens (tertiary/aromatic N) is 5. The minimum Gasteiger partial charge on any atom is -0.338 e. The second kappa shape index (κ2) is 9.14. The van der Waals surface area contributed by atoms with E-state index < -0.39 is 0 Å². The van der Waals surface area contributed by atoms with Gasteiger partial charge in [-0.1, -0.05) is 59.6 Å². The third-order valence-corrected chi connectivity index (χ3v) is 6.70. The minimum atomic E-state index is -0.199. The predicted octanol–water partition coefficient (Wildman–Crippen LogP) is 4.62. The van der Waals surface area contributed by atoms with Gasteiger partial charge in [-0.2, -0.15) is 4.98 Å². The molecule has 1 fully saturated rings. The van der Waals surface area contributed by atoms with Gasteiger partial charge in [0.1, 0.15) is 5.65 Å². The molecule has 5 rings (SSSR count). The topological polar surface area (TPSA) is 54.3 Å². The average Bonchev–Trinajstić information content (AvgIpc) is 2.83. The minimum absolute atomic E-state index is 0.199. The molecule has 1 aliphatic heterocycles. The van der Waals surface area contributed by atoms with Crippen molar-refractivity contribution in [2.24, 2.45) is 7.05 Å². The van der Waals surface area contributed by atoms with Crippen molar-refractivity contribution in [3.63, 3.8) is 0 Å². The zero-order chi connectivity index (χ0) is 22.9. The summed E-state index contributed by atoms with van der Waals surface area (Å²) in [5.41, 5.74) is 2.67. The van der Waals surface area contributed by atoms with Crippen LogP contribution < -0.4 is 10.5 Å². The zero-order valence-electron chi connectivity index (χ0n) is 18.2. The number of fused-ring (bicyclic) bond motifs is 1. The van der Waals surface area contributed by atoms with Gasteiger partial charge in [0.2, 0.25) is 5.95 Å². The van der Waals surface area contributed by atoms with Gasteiger partial charge in [-0.3, -0.25) is 14.3 Å². The number of benzene rings is 2. The summed E-state index contributed by atoms with van der Waals surface area (Å²) >= 11 is 12.7. The summed E-state index contributed by atoms with van der Waals surface area (Å²) in [5.74, 6) is 0.639. The van der Waals surface area contributed by atoms with E-state index in [1.807, 2.05) is 6.07 Å². The van der Waals surface area contributed by atoms with Crippen LogP contribution in [0.4, 0.5) is 5.95 Å². The van der Waals surface area contributed by atoms with E-state index in [4.69, 9.17) is 28.2 Å². The largest absolute Gasteiger partial charge is 0.338 e. The zero-order valence-corrected chi connectivity index (χ0v) is 19.7. The van der Waals surface area contributed by atoms with Crippen molar-refractivity contribution < 1.29 is 0 Å². The van der Waals surface area contributed by atoms with Gasteiger partial charge in [-0.15, -0.1) is 0 Å². The molecule has 0 aliphatic carbocycles. The molecule has 33 heavy (non-hydrogen) atoms. The summed E-state index contributed by atoms with van der Waals surface area (Å²) in [6.45, 7) is 4.46. The molecule has 0 atom stereocenters. The highest BCUT2D eigenvalue weighted by molar-refractivity contribution is 6.39. The number of aromatic nitrogens is 3. The molecule has 0 saturated carbocycles. The highest BCUT2D eigenvalue weighted by Gasteiger charge is 2.21. The van der Waals surface area contributed by atoms with Crippen LogP contribution in [0, 0.1) is 0 Å². The van der Waals surface area contributed by atoms with Gasteiger partial charge in [-0.25, -0.2) is 4.98 Å². The lowest BCUT2D eigenvalue weighted by Gasteiger charge is -2.34. The maximum atomic E-state index is 13.2. The summed E-state index contributed by atoms with van der Waals surface area (Å²) < 4.78 is 1.54. The Kier molecular flexibility index (Phi) is 6.06. The highest BCUT2D eigenvalue weighted by Crippen LogP contribution is 2.33. The van der Waals surface area contributed by atoms with Crippen molar-refractivity contribution in [3.05, 3.63) is 86.8 Å². The number of piperazine rings is 1. The molecule has 6 nitrogen and oxygen atoms in total. The predicted molar refractivity (Wildman–Crippen MR) is 134 cm³/mol. The van der Waals surface area contributed by atoms with Crippen molar-refractivity contribution >= 4 is 40.2 Å². The second-order valence-corrected chi connectivity index (χ2v) is 9.03. The van der Waals surface area contributed by atoms with Crippen LogP contribution in [-0.4, -0.2) is 45.6 Å². The lowest BCUT2D eigenvalue weighted by atomic mass is 10.1. The summed E-state index contributed by atoms with van der Waals surface area (Å²) in [4.78, 5) is 27.1. The summed E-state index contributed by atoms with van der Waals surface area (Å²) in [6, 6.07) is 17.5. The van der Waals surface area contributed by atoms with Gasteiger partial charge in [-0.05, 0) is 23.8 Å². The first-order valence-electron chi connectivity index (χ1n) is 10.8. The van der Waals surface area contributed by atoms with Gasteiger partial charge in [0.15, 0.2) is 0 Å². The number of pyridine rings is 1. The van der Waals surface area contributed by atoms with E-state index in [0.717, 1.165) is 38.1 Å². The Balaban J connectivity index is 1.40. The van der Waals surface area contributed by atoms with Crippen molar-refractivity contribution in [1.82, 2.24) is 19.4 Å². The lowest BCUT2D eigenvalue weighted by Crippen LogP contribution is -2.46. The van der Waals surface area contributed by atoms with Gasteiger partial charge >= 0.3 is 0 Å². The maximum absolute atomic E-state index is 13.2. The van der Waals surface area contributed by atoms with Crippen LogP contribution in [0.15, 0.2) is 65.6 Å². The Labute approximate surface area is 202 Å². The standard InChI is InChI=1S/C25H23Cl2N5O/c1-30-23-18(14-19(24(30)33)22-20(26)8-5-9-21(22)27)15-28-25(29-23)32-12-10-31(11-13-32)16-17-6-3-2-4-7-17/h2-9,14-15H,10-13,16H2,1H3. The molecule has 0 unspecified atom stereocenters. The maximum Gasteiger partial charge on any atom is 0.259 e. The molecule has 2 aromatic carbocycles. The van der Waals surface area contributed by atoms with Gasteiger partial charge in [0.05, 0.1) is 15.6 Å². The second-order valence-electron chi connectivity index (χ2n) is 8.22. The molecular formula is C25H23Cl2N5O. The fourth-order valence-electron chi connectivity index (χ4n) is 4.27. The monoisotopic (exact) mass is 479 g/mol. The van der Waals surface area contributed by atoms with E-state index in [1.54, 1.807) is 42.1 Å². The molecule has 168 valence electrons. The third kappa shape index (κ3) is 4.34. The van der Waals surface area contributed by atoms with Crippen LogP contribution in [0.3, 0.4) is 0 Å². The number of hydrogen-bond acceptors (Lipinski definition) is 5. The van der Waals surface area contributed by atoms with Crippen molar-refractivity contribution in [2.45, 2.75) is 6.54 Å². The first-order chi connectivity index (χ1) is 16.0. The normalized spacial score (nSPS) is 14.7. The van der Waals surface area contributed by atoms with Gasteiger partial charge < -0.3 is 4.90 Å². The average molecular weight is 480 g/mol. The van der Waals surface area contributed by atoms with Crippen LogP contribution in [-0.2, 0) is 13.6 Å². The van der Waals surface area contributed by atoms with E-state index in [9.17, 15) is 4.79 Å². The Hall–Kier alpha value is -2.93. The SMILES string of the molecule is Cn1c(=O)c(-c2c(Cl)cccc2Cl)cc2cnc(N3CCN(Cc4ccccc4)CC3)nc21. The number of anilines is 1. The number of halogens is 2. The third-order valence-electron chi connectivity index (χ3n) is 6.07. The Morgan fingerprint density at radius 1 is 0.939 bits per heavy atom. The number of hydrogen-bond donors (Lipinski definition) is 0. The van der Waals surface area contributed by atoms with Crippen molar-refractivity contribution in [1.29, 1.82) is 0 Å². The van der Waals surface area contributed by atoms with Crippen LogP contribution >= 0.6 is 23.2 Å². The molecule has 2 aromatic heterocycles. The molecule has 4 aromatic rings. The molecule has 0 bridgehead atoms. The van der Waals surface area contributed by atoms with E-state index in [-0.39, 0.29) is 5.56 Å². The Morgan fingerprint density at radius 3 is 2.33 bits per heavy atom. The molecule has 0 amide bonds. The van der Waals surface area contributed by atoms with Gasteiger partial charge in [0.25, 0.3) is 5.56 Å². The van der Waals surface area contributed by atoms with Crippen LogP contribution in [0.5, 0.6) is 0 Å². The van der Waals surface area contributed by atoms with Gasteiger partial charge in [0, 0.05) is 56.9 Å². The van der Waals surface area contributed by atoms with Crippen LogP contribution in [0.25, 0.3) is 22.2 Å². The molecular weight excluding hydrogens is 457 g/mol. The molecule has 1 saturated heterocycles. The summed E-state index contributed by atoms with van der Waals surface area (Å²) in [7, 11) is 1.72. The van der Waals surface area contributed by atoms with Crippen LogP contribution in [0.1, 0.15) is 5.56 Å². The van der Waals surface area contributed by atoms with E-state index >= 15 is 0 Å². The highest BCUT2D eigenvalue weighted by atomic mass is 35.5. The summed E-state index contributed by atoms with van der Waals surface area (Å²) in [6.07, 6.45) is 1.77. The molecule has 1 aliphatic rings. The fourth-order valence-corrected chi connectivity index (χ4v) is 4.87. The number of rotatable bonds is 4. The Morgan fingerprint density at radius 2 is 1.64 bits per heavy atom. The first kappa shape index (κ1) is 21.9. The van der Waals surface area contributed by atoms with E-state index in [2.05, 4.69) is 39.0 Å². The molecule has 3 heterocycles. The quantitative estimate of drug-likeness (QED) is 0.427.